The van der Waals surface area contributed by atoms with Gasteiger partial charge in [0.2, 0.25) is 0 Å². The molecule has 1 aromatic rings. The van der Waals surface area contributed by atoms with E-state index in [2.05, 4.69) is 0 Å². The number of nitrogens with one attached hydrogen (secondary N) is 1. The zero-order valence-electron chi connectivity index (χ0n) is 7.33. The summed E-state index contributed by atoms with van der Waals surface area (Å²) in [6, 6.07) is 0.571. The number of aromatic amines is 1. The minimum atomic E-state index is -2.96. The average Bonchev–Trinajstić information content (AvgIpc) is 2.09. The van der Waals surface area contributed by atoms with E-state index in [1.54, 1.807) is 0 Å². The predicted molar refractivity (Wildman–Crippen MR) is 45.0 cm³/mol. The second kappa shape index (κ2) is 4.07. The minimum Gasteiger partial charge on any atom is -0.503 e. The molecule has 0 unspecified atom stereocenters. The molecule has 5 nitrogen and oxygen atoms in total. The van der Waals surface area contributed by atoms with Gasteiger partial charge in [-0.2, -0.15) is 0 Å². The number of aliphatic carboxylic acids is 1. The number of alkyl halides is 2. The lowest BCUT2D eigenvalue weighted by atomic mass is 10.1. The minimum absolute atomic E-state index is 0.402. The zero-order valence-corrected chi connectivity index (χ0v) is 7.33. The van der Waals surface area contributed by atoms with Gasteiger partial charge >= 0.3 is 5.97 Å². The third-order valence-electron chi connectivity index (χ3n) is 1.70. The third kappa shape index (κ3) is 2.52. The van der Waals surface area contributed by atoms with Crippen LogP contribution in [0.3, 0.4) is 0 Å². The monoisotopic (exact) mass is 219 g/mol. The van der Waals surface area contributed by atoms with Crippen LogP contribution in [0.5, 0.6) is 5.75 Å². The summed E-state index contributed by atoms with van der Waals surface area (Å²) in [5.41, 5.74) is -2.08. The standard InChI is InChI=1S/C8H7F2NO4/c9-7(10)3-1-5(12)8(15)11-4(3)2-6(13)14/h1,7,12H,2H2,(H,11,15)(H,13,14). The molecule has 3 N–H and O–H groups in total. The summed E-state index contributed by atoms with van der Waals surface area (Å²) in [6.07, 6.45) is -3.68. The lowest BCUT2D eigenvalue weighted by molar-refractivity contribution is -0.136. The summed E-state index contributed by atoms with van der Waals surface area (Å²) in [6.45, 7) is 0. The van der Waals surface area contributed by atoms with Crippen molar-refractivity contribution in [1.29, 1.82) is 0 Å². The molecule has 1 aromatic heterocycles. The maximum absolute atomic E-state index is 12.4. The molecule has 0 saturated heterocycles. The first-order valence-corrected chi connectivity index (χ1v) is 3.87. The Kier molecular flexibility index (Phi) is 3.03. The quantitative estimate of drug-likeness (QED) is 0.695. The van der Waals surface area contributed by atoms with Crippen LogP contribution in [0.15, 0.2) is 10.9 Å². The molecule has 0 saturated carbocycles. The number of carbonyl (C=O) groups is 1. The van der Waals surface area contributed by atoms with Crippen LogP contribution in [0.1, 0.15) is 17.7 Å². The highest BCUT2D eigenvalue weighted by molar-refractivity contribution is 5.70. The van der Waals surface area contributed by atoms with E-state index >= 15 is 0 Å². The van der Waals surface area contributed by atoms with Crippen LogP contribution in [0.4, 0.5) is 8.78 Å². The van der Waals surface area contributed by atoms with Gasteiger partial charge in [0.1, 0.15) is 0 Å². The van der Waals surface area contributed by atoms with Crippen LogP contribution in [0.25, 0.3) is 0 Å². The number of hydrogen-bond acceptors (Lipinski definition) is 3. The van der Waals surface area contributed by atoms with E-state index in [9.17, 15) is 18.4 Å². The number of halogens is 2. The molecule has 0 radical (unpaired) electrons. The van der Waals surface area contributed by atoms with Gasteiger partial charge in [0.05, 0.1) is 6.42 Å². The molecule has 0 aliphatic rings. The van der Waals surface area contributed by atoms with E-state index in [1.165, 1.54) is 0 Å². The van der Waals surface area contributed by atoms with Crippen LogP contribution >= 0.6 is 0 Å². The maximum Gasteiger partial charge on any atom is 0.309 e. The lowest BCUT2D eigenvalue weighted by Gasteiger charge is -2.06. The summed E-state index contributed by atoms with van der Waals surface area (Å²) in [5.74, 6) is -2.21. The van der Waals surface area contributed by atoms with E-state index < -0.39 is 41.4 Å². The molecule has 1 rings (SSSR count). The van der Waals surface area contributed by atoms with E-state index in [1.807, 2.05) is 4.98 Å². The van der Waals surface area contributed by atoms with Crippen molar-refractivity contribution >= 4 is 5.97 Å². The van der Waals surface area contributed by atoms with Gasteiger partial charge < -0.3 is 15.2 Å². The summed E-state index contributed by atoms with van der Waals surface area (Å²) < 4.78 is 24.7. The first kappa shape index (κ1) is 11.2. The lowest BCUT2D eigenvalue weighted by Crippen LogP contribution is -2.14. The van der Waals surface area contributed by atoms with Gasteiger partial charge in [0.15, 0.2) is 5.75 Å². The van der Waals surface area contributed by atoms with Gasteiger partial charge in [-0.1, -0.05) is 0 Å². The SMILES string of the molecule is O=C(O)Cc1[nH]c(=O)c(O)cc1C(F)F. The first-order valence-electron chi connectivity index (χ1n) is 3.87. The maximum atomic E-state index is 12.4. The molecule has 0 aliphatic heterocycles. The molecule has 0 aliphatic carbocycles. The first-order chi connectivity index (χ1) is 6.91. The Hall–Kier alpha value is -1.92. The topological polar surface area (TPSA) is 90.4 Å². The van der Waals surface area contributed by atoms with Crippen LogP contribution < -0.4 is 5.56 Å². The summed E-state index contributed by atoms with van der Waals surface area (Å²) in [4.78, 5) is 23.1. The fraction of sp³-hybridized carbons (Fsp3) is 0.250. The van der Waals surface area contributed by atoms with Gasteiger partial charge in [-0.05, 0) is 6.07 Å². The smallest absolute Gasteiger partial charge is 0.309 e. The van der Waals surface area contributed by atoms with Crippen molar-refractivity contribution in [3.63, 3.8) is 0 Å². The molecule has 1 heterocycles. The number of pyridine rings is 1. The van der Waals surface area contributed by atoms with Crippen LogP contribution in [0, 0.1) is 0 Å². The van der Waals surface area contributed by atoms with Crippen molar-refractivity contribution in [2.24, 2.45) is 0 Å². The molecule has 7 heteroatoms. The highest BCUT2D eigenvalue weighted by Gasteiger charge is 2.17. The molecular formula is C8H7F2NO4. The highest BCUT2D eigenvalue weighted by atomic mass is 19.3. The summed E-state index contributed by atoms with van der Waals surface area (Å²) >= 11 is 0. The predicted octanol–water partition coefficient (Wildman–Crippen LogP) is 0.645. The molecule has 0 fully saturated rings. The Bertz CT molecular complexity index is 441. The Labute approximate surface area is 82.0 Å². The fourth-order valence-corrected chi connectivity index (χ4v) is 1.07. The molecule has 0 aromatic carbocycles. The number of H-pyrrole nitrogens is 1. The van der Waals surface area contributed by atoms with Gasteiger partial charge in [0.25, 0.3) is 12.0 Å². The van der Waals surface area contributed by atoms with E-state index in [4.69, 9.17) is 10.2 Å². The second-order valence-corrected chi connectivity index (χ2v) is 2.79. The number of carboxylic acid groups (broad SMARTS) is 1. The highest BCUT2D eigenvalue weighted by Crippen LogP contribution is 2.23. The third-order valence-corrected chi connectivity index (χ3v) is 1.70. The van der Waals surface area contributed by atoms with Crippen molar-refractivity contribution < 1.29 is 23.8 Å². The van der Waals surface area contributed by atoms with Crippen LogP contribution in [-0.4, -0.2) is 21.2 Å². The van der Waals surface area contributed by atoms with Gasteiger partial charge in [-0.3, -0.25) is 9.59 Å². The Morgan fingerprint density at radius 3 is 2.60 bits per heavy atom. The molecule has 82 valence electrons. The van der Waals surface area contributed by atoms with Crippen molar-refractivity contribution in [2.75, 3.05) is 0 Å². The normalized spacial score (nSPS) is 10.6. The largest absolute Gasteiger partial charge is 0.503 e. The van der Waals surface area contributed by atoms with Crippen LogP contribution in [0.2, 0.25) is 0 Å². The molecule has 0 spiro atoms. The van der Waals surface area contributed by atoms with Gasteiger partial charge in [-0.15, -0.1) is 0 Å². The Balaban J connectivity index is 3.28. The van der Waals surface area contributed by atoms with Crippen molar-refractivity contribution in [2.45, 2.75) is 12.8 Å². The van der Waals surface area contributed by atoms with Crippen molar-refractivity contribution in [1.82, 2.24) is 4.98 Å². The zero-order chi connectivity index (χ0) is 11.6. The molecule has 15 heavy (non-hydrogen) atoms. The fourth-order valence-electron chi connectivity index (χ4n) is 1.07. The van der Waals surface area contributed by atoms with E-state index in [-0.39, 0.29) is 0 Å². The summed E-state index contributed by atoms with van der Waals surface area (Å²) in [5, 5.41) is 17.3. The number of carboxylic acids is 1. The van der Waals surface area contributed by atoms with E-state index in [0.717, 1.165) is 0 Å². The number of hydrogen-bond donors (Lipinski definition) is 3. The molecular weight excluding hydrogens is 212 g/mol. The van der Waals surface area contributed by atoms with Crippen molar-refractivity contribution in [3.05, 3.63) is 27.7 Å². The number of rotatable bonds is 3. The second-order valence-electron chi connectivity index (χ2n) is 2.79. The van der Waals surface area contributed by atoms with Crippen LogP contribution in [-0.2, 0) is 11.2 Å². The number of aromatic nitrogens is 1. The molecule has 0 amide bonds. The Morgan fingerprint density at radius 2 is 2.13 bits per heavy atom. The average molecular weight is 219 g/mol. The number of aromatic hydroxyl groups is 1. The molecule has 0 bridgehead atoms. The van der Waals surface area contributed by atoms with Crippen molar-refractivity contribution in [3.8, 4) is 5.75 Å². The van der Waals surface area contributed by atoms with Gasteiger partial charge in [-0.25, -0.2) is 8.78 Å². The van der Waals surface area contributed by atoms with Gasteiger partial charge in [0, 0.05) is 11.3 Å². The Morgan fingerprint density at radius 1 is 1.53 bits per heavy atom. The van der Waals surface area contributed by atoms with E-state index in [0.29, 0.717) is 6.07 Å². The molecule has 0 atom stereocenters. The summed E-state index contributed by atoms with van der Waals surface area (Å²) in [7, 11) is 0.